The summed E-state index contributed by atoms with van der Waals surface area (Å²) in [5.74, 6) is 0. The van der Waals surface area contributed by atoms with Gasteiger partial charge < -0.3 is 0 Å². The predicted molar refractivity (Wildman–Crippen MR) is 157 cm³/mol. The molecule has 0 radical (unpaired) electrons. The van der Waals surface area contributed by atoms with Gasteiger partial charge in [-0.3, -0.25) is 0 Å². The zero-order valence-electron chi connectivity index (χ0n) is 23.0. The van der Waals surface area contributed by atoms with Gasteiger partial charge in [-0.05, 0) is 0 Å². The van der Waals surface area contributed by atoms with Crippen molar-refractivity contribution >= 4 is 35.2 Å². The molecule has 3 aromatic carbocycles. The summed E-state index contributed by atoms with van der Waals surface area (Å²) in [6.07, 6.45) is 5.93. The molecule has 1 atom stereocenters. The average molecular weight is 602 g/mol. The van der Waals surface area contributed by atoms with E-state index in [9.17, 15) is 4.79 Å². The molecule has 1 fully saturated rings. The molecule has 37 heavy (non-hydrogen) atoms. The number of nitrogens with zero attached hydrogens (tertiary/aromatic N) is 1. The van der Waals surface area contributed by atoms with E-state index in [1.807, 2.05) is 38.9 Å². The molecule has 1 saturated carbocycles. The summed E-state index contributed by atoms with van der Waals surface area (Å²) in [5.41, 5.74) is 1.28. The van der Waals surface area contributed by atoms with Crippen LogP contribution >= 0.6 is 0 Å². The van der Waals surface area contributed by atoms with Gasteiger partial charge in [0.05, 0.1) is 0 Å². The van der Waals surface area contributed by atoms with Gasteiger partial charge in [0, 0.05) is 0 Å². The van der Waals surface area contributed by atoms with Crippen LogP contribution in [0.2, 0.25) is 3.43 Å². The first kappa shape index (κ1) is 27.5. The SMILES string of the molecule is CC(C)N(C(=O)O/C=C1/CCCC[C@]1(C)[Sn]([c]1ccccc1)([c]1ccccc1)[c]1ccccc1)C(C)C. The van der Waals surface area contributed by atoms with Crippen LogP contribution in [0.4, 0.5) is 4.79 Å². The van der Waals surface area contributed by atoms with Crippen molar-refractivity contribution in [2.75, 3.05) is 0 Å². The fourth-order valence-corrected chi connectivity index (χ4v) is 24.3. The number of benzene rings is 3. The monoisotopic (exact) mass is 603 g/mol. The molecule has 1 amide bonds. The quantitative estimate of drug-likeness (QED) is 0.225. The van der Waals surface area contributed by atoms with Gasteiger partial charge in [-0.1, -0.05) is 0 Å². The second-order valence-electron chi connectivity index (χ2n) is 11.0. The molecule has 0 unspecified atom stereocenters. The molecule has 4 heteroatoms. The van der Waals surface area contributed by atoms with Crippen LogP contribution in [-0.4, -0.2) is 41.5 Å². The van der Waals surface area contributed by atoms with Gasteiger partial charge in [-0.15, -0.1) is 0 Å². The van der Waals surface area contributed by atoms with E-state index in [4.69, 9.17) is 4.74 Å². The van der Waals surface area contributed by atoms with Crippen molar-refractivity contribution in [1.29, 1.82) is 0 Å². The summed E-state index contributed by atoms with van der Waals surface area (Å²) in [7, 11) is 0. The molecule has 0 aliphatic heterocycles. The number of carbonyl (C=O) groups is 1. The van der Waals surface area contributed by atoms with Crippen molar-refractivity contribution in [3.05, 3.63) is 103 Å². The van der Waals surface area contributed by atoms with Crippen molar-refractivity contribution in [2.24, 2.45) is 0 Å². The van der Waals surface area contributed by atoms with E-state index in [0.29, 0.717) is 0 Å². The van der Waals surface area contributed by atoms with Crippen LogP contribution in [0, 0.1) is 0 Å². The molecule has 0 saturated heterocycles. The van der Waals surface area contributed by atoms with Gasteiger partial charge in [0.25, 0.3) is 0 Å². The van der Waals surface area contributed by atoms with E-state index in [2.05, 4.69) is 97.9 Å². The molecule has 0 N–H and O–H groups in total. The second kappa shape index (κ2) is 11.9. The van der Waals surface area contributed by atoms with Gasteiger partial charge in [0.2, 0.25) is 0 Å². The number of allylic oxidation sites excluding steroid dienone is 1. The normalized spacial score (nSPS) is 19.3. The summed E-state index contributed by atoms with van der Waals surface area (Å²) in [5, 5.41) is 0. The molecular weight excluding hydrogens is 561 g/mol. The van der Waals surface area contributed by atoms with E-state index in [1.54, 1.807) is 0 Å². The van der Waals surface area contributed by atoms with Crippen molar-refractivity contribution in [1.82, 2.24) is 4.90 Å². The Labute approximate surface area is 227 Å². The van der Waals surface area contributed by atoms with Crippen LogP contribution in [0.3, 0.4) is 0 Å². The van der Waals surface area contributed by atoms with Crippen molar-refractivity contribution < 1.29 is 9.53 Å². The number of hydrogen-bond acceptors (Lipinski definition) is 2. The fraction of sp³-hybridized carbons (Fsp3) is 0.364. The van der Waals surface area contributed by atoms with E-state index < -0.39 is 18.4 Å². The molecule has 3 nitrogen and oxygen atoms in total. The number of ether oxygens (including phenoxy) is 1. The topological polar surface area (TPSA) is 29.5 Å². The third-order valence-corrected chi connectivity index (χ3v) is 24.8. The fourth-order valence-electron chi connectivity index (χ4n) is 6.57. The van der Waals surface area contributed by atoms with Gasteiger partial charge in [-0.25, -0.2) is 0 Å². The standard InChI is InChI=1S/C15H26NO2.3C6H5.Sn/c1-11(2)16(12(3)4)15(17)18-10-14-9-7-6-8-13(14)5;3*1-2-4-6-5-3-1;/h10-12H,6-9H2,1-5H3;3*1-5H;/b14-10-;;;;. The summed E-state index contributed by atoms with van der Waals surface area (Å²) in [4.78, 5) is 15.0. The second-order valence-corrected chi connectivity index (χ2v) is 23.4. The first-order valence-corrected chi connectivity index (χ1v) is 19.4. The Morgan fingerprint density at radius 1 is 0.784 bits per heavy atom. The van der Waals surface area contributed by atoms with Gasteiger partial charge in [-0.2, -0.15) is 0 Å². The van der Waals surface area contributed by atoms with Crippen LogP contribution < -0.4 is 10.7 Å². The molecule has 194 valence electrons. The zero-order valence-corrected chi connectivity index (χ0v) is 25.8. The molecule has 1 aliphatic carbocycles. The zero-order chi connectivity index (χ0) is 26.5. The Kier molecular flexibility index (Phi) is 8.84. The summed E-state index contributed by atoms with van der Waals surface area (Å²) in [6.45, 7) is 10.6. The molecule has 0 bridgehead atoms. The maximum atomic E-state index is 13.2. The van der Waals surface area contributed by atoms with Crippen molar-refractivity contribution in [3.8, 4) is 0 Å². The Morgan fingerprint density at radius 2 is 1.22 bits per heavy atom. The first-order valence-electron chi connectivity index (χ1n) is 13.7. The third-order valence-electron chi connectivity index (χ3n) is 8.16. The third kappa shape index (κ3) is 5.25. The predicted octanol–water partition coefficient (Wildman–Crippen LogP) is 6.63. The van der Waals surface area contributed by atoms with Crippen LogP contribution in [0.1, 0.15) is 60.3 Å². The van der Waals surface area contributed by atoms with Crippen molar-refractivity contribution in [3.63, 3.8) is 0 Å². The van der Waals surface area contributed by atoms with E-state index in [-0.39, 0.29) is 21.6 Å². The minimum absolute atomic E-state index is 0.0832. The molecule has 0 spiro atoms. The van der Waals surface area contributed by atoms with E-state index in [0.717, 1.165) is 19.3 Å². The Balaban J connectivity index is 1.94. The molecule has 3 aromatic rings. The number of carbonyl (C=O) groups excluding carboxylic acids is 1. The Morgan fingerprint density at radius 3 is 1.62 bits per heavy atom. The van der Waals surface area contributed by atoms with Gasteiger partial charge in [0.1, 0.15) is 0 Å². The van der Waals surface area contributed by atoms with E-state index in [1.165, 1.54) is 22.7 Å². The molecule has 0 heterocycles. The van der Waals surface area contributed by atoms with Gasteiger partial charge >= 0.3 is 228 Å². The maximum absolute atomic E-state index is 13.2. The van der Waals surface area contributed by atoms with E-state index >= 15 is 0 Å². The number of amides is 1. The number of rotatable bonds is 7. The molecule has 4 rings (SSSR count). The molecule has 1 aliphatic rings. The molecular formula is C33H41NO2Sn. The summed E-state index contributed by atoms with van der Waals surface area (Å²) in [6, 6.07) is 33.7. The number of hydrogen-bond donors (Lipinski definition) is 0. The minimum atomic E-state index is -3.74. The first-order chi connectivity index (χ1) is 17.8. The molecule has 0 aromatic heterocycles. The average Bonchev–Trinajstić information content (AvgIpc) is 2.90. The Bertz CT molecular complexity index is 1090. The van der Waals surface area contributed by atoms with Crippen LogP contribution in [0.5, 0.6) is 0 Å². The Hall–Kier alpha value is -2.53. The van der Waals surface area contributed by atoms with Crippen molar-refractivity contribution in [2.45, 2.75) is 75.8 Å². The summed E-state index contributed by atoms with van der Waals surface area (Å²) >= 11 is -3.74. The van der Waals surface area contributed by atoms with Crippen LogP contribution in [-0.2, 0) is 4.74 Å². The van der Waals surface area contributed by atoms with Crippen LogP contribution in [0.15, 0.2) is 103 Å². The van der Waals surface area contributed by atoms with Crippen LogP contribution in [0.25, 0.3) is 0 Å². The van der Waals surface area contributed by atoms with Gasteiger partial charge in [0.15, 0.2) is 0 Å². The summed E-state index contributed by atoms with van der Waals surface area (Å²) < 4.78 is 10.3.